The van der Waals surface area contributed by atoms with E-state index in [0.717, 1.165) is 0 Å². The predicted molar refractivity (Wildman–Crippen MR) is 191 cm³/mol. The molecule has 0 amide bonds. The van der Waals surface area contributed by atoms with Gasteiger partial charge in [0, 0.05) is 0 Å². The Bertz CT molecular complexity index is 1490. The summed E-state index contributed by atoms with van der Waals surface area (Å²) in [6, 6.07) is 28.8. The molecule has 4 aromatic rings. The van der Waals surface area contributed by atoms with E-state index in [-0.39, 0.29) is 0 Å². The fourth-order valence-corrected chi connectivity index (χ4v) is 13.3. The molecule has 1 aliphatic heterocycles. The molecule has 0 aromatic heterocycles. The van der Waals surface area contributed by atoms with E-state index in [4.69, 9.17) is 0 Å². The summed E-state index contributed by atoms with van der Waals surface area (Å²) >= 11 is 0. The molecule has 0 radical (unpaired) electrons. The molecule has 0 saturated heterocycles. The van der Waals surface area contributed by atoms with Gasteiger partial charge in [-0.1, -0.05) is 0 Å². The van der Waals surface area contributed by atoms with E-state index in [2.05, 4.69) is 159 Å². The van der Waals surface area contributed by atoms with Gasteiger partial charge in [0.2, 0.25) is 0 Å². The molecule has 0 N–H and O–H groups in total. The van der Waals surface area contributed by atoms with Crippen LogP contribution in [0.5, 0.6) is 0 Å². The summed E-state index contributed by atoms with van der Waals surface area (Å²) < 4.78 is 0. The first-order valence-corrected chi connectivity index (χ1v) is 19.0. The molecule has 1 heterocycles. The summed E-state index contributed by atoms with van der Waals surface area (Å²) in [6.07, 6.45) is 0. The van der Waals surface area contributed by atoms with Crippen LogP contribution in [0.1, 0.15) is 49.9 Å². The molecule has 1 aliphatic rings. The second kappa shape index (κ2) is 11.2. The van der Waals surface area contributed by atoms with Gasteiger partial charge in [0.25, 0.3) is 0 Å². The van der Waals surface area contributed by atoms with Crippen LogP contribution >= 0.6 is 15.2 Å². The standard InChI is InChI=1S/C37H48N2P2/c1-24(2)40-34-16-12-26(5)20-30(34)38(9)32-22-28(7)14-18-36(32)41(11,25(3)4)37-19-15-29(8)23-33(37)39(10)31-21-27(6)13-17-35(31)40/h12-25,41H,1-11H3. The average molecular weight is 583 g/mol. The van der Waals surface area contributed by atoms with Gasteiger partial charge >= 0.3 is 251 Å². The van der Waals surface area contributed by atoms with Crippen molar-refractivity contribution in [1.82, 2.24) is 0 Å². The van der Waals surface area contributed by atoms with Gasteiger partial charge in [0.05, 0.1) is 0 Å². The molecule has 0 bridgehead atoms. The first kappa shape index (κ1) is 29.8. The van der Waals surface area contributed by atoms with Crippen LogP contribution in [0.2, 0.25) is 0 Å². The van der Waals surface area contributed by atoms with E-state index in [1.54, 1.807) is 0 Å². The number of fused-ring (bicyclic) bond motifs is 4. The van der Waals surface area contributed by atoms with Crippen LogP contribution in [0.25, 0.3) is 0 Å². The molecule has 0 atom stereocenters. The summed E-state index contributed by atoms with van der Waals surface area (Å²) in [4.78, 5) is 5.06. The van der Waals surface area contributed by atoms with Crippen molar-refractivity contribution in [1.29, 1.82) is 0 Å². The summed E-state index contributed by atoms with van der Waals surface area (Å²) in [6.45, 7) is 21.2. The predicted octanol–water partition coefficient (Wildman–Crippen LogP) is 8.35. The molecule has 4 aromatic carbocycles. The van der Waals surface area contributed by atoms with Crippen molar-refractivity contribution in [2.75, 3.05) is 30.6 Å². The first-order valence-electron chi connectivity index (χ1n) is 15.0. The number of rotatable bonds is 2. The van der Waals surface area contributed by atoms with Gasteiger partial charge in [0.1, 0.15) is 0 Å². The average Bonchev–Trinajstić information content (AvgIpc) is 2.92. The Balaban J connectivity index is 2.00. The summed E-state index contributed by atoms with van der Waals surface area (Å²) in [5.74, 6) is 0. The molecule has 0 spiro atoms. The maximum absolute atomic E-state index is 2.60. The Morgan fingerprint density at radius 3 is 1.22 bits per heavy atom. The number of anilines is 4. The van der Waals surface area contributed by atoms with E-state index in [1.165, 1.54) is 66.2 Å². The summed E-state index contributed by atoms with van der Waals surface area (Å²) in [5, 5.41) is 5.97. The Hall–Kier alpha value is -2.66. The summed E-state index contributed by atoms with van der Waals surface area (Å²) in [7, 11) is 1.74. The molecule has 4 heteroatoms. The van der Waals surface area contributed by atoms with Crippen molar-refractivity contribution >= 4 is 59.2 Å². The van der Waals surface area contributed by atoms with Crippen molar-refractivity contribution in [3.05, 3.63) is 95.1 Å². The Kier molecular flexibility index (Phi) is 8.15. The third-order valence-corrected chi connectivity index (χ3v) is 17.5. The normalized spacial score (nSPS) is 17.2. The maximum atomic E-state index is 2.60. The Morgan fingerprint density at radius 2 is 0.878 bits per heavy atom. The molecule has 0 unspecified atom stereocenters. The van der Waals surface area contributed by atoms with Crippen molar-refractivity contribution in [2.45, 2.75) is 66.7 Å². The second-order valence-electron chi connectivity index (χ2n) is 13.0. The zero-order valence-electron chi connectivity index (χ0n) is 26.9. The van der Waals surface area contributed by atoms with Crippen LogP contribution in [-0.4, -0.2) is 32.1 Å². The molecule has 0 aliphatic carbocycles. The number of nitrogens with zero attached hydrogens (tertiary/aromatic N) is 2. The third kappa shape index (κ3) is 5.13. The zero-order valence-corrected chi connectivity index (χ0v) is 28.8. The fraction of sp³-hybridized carbons (Fsp3) is 0.351. The second-order valence-corrected chi connectivity index (χ2v) is 20.3. The molecular formula is C37H48N2P2. The van der Waals surface area contributed by atoms with E-state index >= 15 is 0 Å². The van der Waals surface area contributed by atoms with E-state index in [1.807, 2.05) is 0 Å². The van der Waals surface area contributed by atoms with Crippen molar-refractivity contribution in [2.24, 2.45) is 0 Å². The molecule has 2 nitrogen and oxygen atoms in total. The molecule has 0 saturated carbocycles. The van der Waals surface area contributed by atoms with Gasteiger partial charge in [-0.05, 0) is 0 Å². The Morgan fingerprint density at radius 1 is 0.537 bits per heavy atom. The van der Waals surface area contributed by atoms with Crippen molar-refractivity contribution in [3.8, 4) is 0 Å². The van der Waals surface area contributed by atoms with Gasteiger partial charge in [0.15, 0.2) is 0 Å². The van der Waals surface area contributed by atoms with Crippen LogP contribution in [0.4, 0.5) is 22.7 Å². The monoisotopic (exact) mass is 582 g/mol. The molecular weight excluding hydrogens is 534 g/mol. The topological polar surface area (TPSA) is 6.48 Å². The third-order valence-electron chi connectivity index (χ3n) is 9.32. The quantitative estimate of drug-likeness (QED) is 0.219. The van der Waals surface area contributed by atoms with Gasteiger partial charge in [-0.2, -0.15) is 0 Å². The molecule has 0 fully saturated rings. The minimum absolute atomic E-state index is 0.488. The number of hydrogen-bond donors (Lipinski definition) is 0. The van der Waals surface area contributed by atoms with Crippen LogP contribution in [-0.2, 0) is 0 Å². The minimum atomic E-state index is -2.25. The van der Waals surface area contributed by atoms with Gasteiger partial charge in [-0.15, -0.1) is 0 Å². The van der Waals surface area contributed by atoms with Crippen LogP contribution < -0.4 is 31.0 Å². The van der Waals surface area contributed by atoms with E-state index in [0.29, 0.717) is 11.3 Å². The van der Waals surface area contributed by atoms with Crippen LogP contribution in [0, 0.1) is 27.7 Å². The summed E-state index contributed by atoms with van der Waals surface area (Å²) in [5.41, 5.74) is 11.6. The van der Waals surface area contributed by atoms with Gasteiger partial charge in [-0.3, -0.25) is 0 Å². The van der Waals surface area contributed by atoms with Crippen LogP contribution in [0.15, 0.2) is 72.8 Å². The van der Waals surface area contributed by atoms with Crippen molar-refractivity contribution in [3.63, 3.8) is 0 Å². The van der Waals surface area contributed by atoms with Gasteiger partial charge < -0.3 is 0 Å². The number of benzene rings is 4. The fourth-order valence-electron chi connectivity index (χ4n) is 6.64. The van der Waals surface area contributed by atoms with Gasteiger partial charge in [-0.25, -0.2) is 0 Å². The number of hydrogen-bond acceptors (Lipinski definition) is 2. The van der Waals surface area contributed by atoms with Crippen LogP contribution in [0.3, 0.4) is 0 Å². The SMILES string of the molecule is Cc1ccc2c(c1)N(C)c1cc(C)ccc1[PH](C)(C(C)C)c1ccc(C)cc1N(C)c1cc(C)ccc1P2C(C)C. The van der Waals surface area contributed by atoms with E-state index in [9.17, 15) is 0 Å². The van der Waals surface area contributed by atoms with Crippen molar-refractivity contribution < 1.29 is 0 Å². The molecule has 216 valence electrons. The van der Waals surface area contributed by atoms with E-state index < -0.39 is 15.2 Å². The zero-order chi connectivity index (χ0) is 29.8. The Labute approximate surface area is 250 Å². The molecule has 5 rings (SSSR count). The number of aryl methyl sites for hydroxylation is 4. The first-order chi connectivity index (χ1) is 19.3. The molecule has 41 heavy (non-hydrogen) atoms.